The molecule has 0 aliphatic rings. The van der Waals surface area contributed by atoms with Gasteiger partial charge < -0.3 is 5.32 Å². The van der Waals surface area contributed by atoms with Crippen LogP contribution in [0.2, 0.25) is 5.02 Å². The summed E-state index contributed by atoms with van der Waals surface area (Å²) in [6.45, 7) is 2.56. The number of nitrogens with zero attached hydrogens (tertiary/aromatic N) is 1. The molecule has 0 aliphatic heterocycles. The van der Waals surface area contributed by atoms with E-state index in [1.165, 1.54) is 0 Å². The highest BCUT2D eigenvalue weighted by Crippen LogP contribution is 2.23. The number of halogens is 1. The minimum absolute atomic E-state index is 0.0815. The van der Waals surface area contributed by atoms with Crippen LogP contribution in [-0.2, 0) is 23.1 Å². The van der Waals surface area contributed by atoms with Crippen molar-refractivity contribution < 1.29 is 8.42 Å². The molecule has 0 aliphatic carbocycles. The Bertz CT molecular complexity index is 728. The summed E-state index contributed by atoms with van der Waals surface area (Å²) in [6.07, 6.45) is 1.59. The Morgan fingerprint density at radius 1 is 1.33 bits per heavy atom. The van der Waals surface area contributed by atoms with E-state index in [0.29, 0.717) is 6.54 Å². The predicted molar refractivity (Wildman–Crippen MR) is 81.6 cm³/mol. The summed E-state index contributed by atoms with van der Waals surface area (Å²) in [5.74, 6) is 0. The van der Waals surface area contributed by atoms with Gasteiger partial charge in [-0.3, -0.25) is 5.10 Å². The summed E-state index contributed by atoms with van der Waals surface area (Å²) >= 11 is 6.01. The van der Waals surface area contributed by atoms with Crippen molar-refractivity contribution in [1.82, 2.24) is 20.2 Å². The SMILES string of the molecule is CNCc1ccc(Cl)c(S(=O)(=O)NCc2cn[nH]c2C)c1. The quantitative estimate of drug-likeness (QED) is 0.751. The first kappa shape index (κ1) is 16.0. The highest BCUT2D eigenvalue weighted by molar-refractivity contribution is 7.89. The van der Waals surface area contributed by atoms with Crippen LogP contribution in [0.15, 0.2) is 29.3 Å². The van der Waals surface area contributed by atoms with Crippen molar-refractivity contribution >= 4 is 21.6 Å². The molecule has 0 radical (unpaired) electrons. The van der Waals surface area contributed by atoms with E-state index < -0.39 is 10.0 Å². The summed E-state index contributed by atoms with van der Waals surface area (Å²) in [6, 6.07) is 4.95. The fourth-order valence-corrected chi connectivity index (χ4v) is 3.43. The van der Waals surface area contributed by atoms with E-state index in [2.05, 4.69) is 20.2 Å². The molecule has 1 aromatic carbocycles. The molecule has 0 saturated carbocycles. The third-order valence-electron chi connectivity index (χ3n) is 3.05. The number of hydrogen-bond acceptors (Lipinski definition) is 4. The first-order valence-corrected chi connectivity index (χ1v) is 8.21. The van der Waals surface area contributed by atoms with E-state index in [-0.39, 0.29) is 16.5 Å². The second-order valence-corrected chi connectivity index (χ2v) is 6.78. The van der Waals surface area contributed by atoms with Gasteiger partial charge in [0, 0.05) is 24.3 Å². The molecule has 1 heterocycles. The standard InChI is InChI=1S/C13H17ClN4O2S/c1-9-11(7-16-18-9)8-17-21(19,20)13-5-10(6-15-2)3-4-12(13)14/h3-5,7,15,17H,6,8H2,1-2H3,(H,16,18). The lowest BCUT2D eigenvalue weighted by Gasteiger charge is -2.10. The lowest BCUT2D eigenvalue weighted by Crippen LogP contribution is -2.24. The van der Waals surface area contributed by atoms with Crippen LogP contribution >= 0.6 is 11.6 Å². The van der Waals surface area contributed by atoms with Gasteiger partial charge in [0.1, 0.15) is 4.90 Å². The van der Waals surface area contributed by atoms with Gasteiger partial charge in [-0.25, -0.2) is 13.1 Å². The van der Waals surface area contributed by atoms with E-state index in [1.807, 2.05) is 6.92 Å². The van der Waals surface area contributed by atoms with Gasteiger partial charge in [-0.1, -0.05) is 17.7 Å². The van der Waals surface area contributed by atoms with Crippen molar-refractivity contribution in [2.24, 2.45) is 0 Å². The van der Waals surface area contributed by atoms with Crippen molar-refractivity contribution in [3.63, 3.8) is 0 Å². The Balaban J connectivity index is 2.22. The third-order valence-corrected chi connectivity index (χ3v) is 4.94. The zero-order chi connectivity index (χ0) is 15.5. The number of nitrogens with one attached hydrogen (secondary N) is 3. The second kappa shape index (κ2) is 6.57. The molecule has 0 amide bonds. The van der Waals surface area contributed by atoms with Crippen molar-refractivity contribution in [2.45, 2.75) is 24.9 Å². The summed E-state index contributed by atoms with van der Waals surface area (Å²) in [5.41, 5.74) is 2.47. The number of sulfonamides is 1. The summed E-state index contributed by atoms with van der Waals surface area (Å²) in [4.78, 5) is 0.0815. The van der Waals surface area contributed by atoms with Gasteiger partial charge in [-0.15, -0.1) is 0 Å². The number of benzene rings is 1. The Morgan fingerprint density at radius 2 is 2.10 bits per heavy atom. The first-order valence-electron chi connectivity index (χ1n) is 6.35. The van der Waals surface area contributed by atoms with Gasteiger partial charge in [-0.2, -0.15) is 5.10 Å². The highest BCUT2D eigenvalue weighted by atomic mass is 35.5. The maximum absolute atomic E-state index is 12.4. The van der Waals surface area contributed by atoms with Crippen LogP contribution in [-0.4, -0.2) is 25.7 Å². The van der Waals surface area contributed by atoms with Crippen LogP contribution in [0, 0.1) is 6.92 Å². The van der Waals surface area contributed by atoms with E-state index in [9.17, 15) is 8.42 Å². The van der Waals surface area contributed by atoms with E-state index >= 15 is 0 Å². The Hall–Kier alpha value is -1.41. The largest absolute Gasteiger partial charge is 0.316 e. The molecular weight excluding hydrogens is 312 g/mol. The summed E-state index contributed by atoms with van der Waals surface area (Å²) < 4.78 is 27.3. The van der Waals surface area contributed by atoms with Crippen LogP contribution in [0.3, 0.4) is 0 Å². The Labute approximate surface area is 129 Å². The summed E-state index contributed by atoms with van der Waals surface area (Å²) in [5, 5.41) is 9.79. The number of H-pyrrole nitrogens is 1. The van der Waals surface area contributed by atoms with Gasteiger partial charge in [0.05, 0.1) is 11.2 Å². The normalized spacial score (nSPS) is 11.8. The van der Waals surface area contributed by atoms with Crippen molar-refractivity contribution in [3.8, 4) is 0 Å². The van der Waals surface area contributed by atoms with E-state index in [0.717, 1.165) is 16.8 Å². The molecule has 0 unspecified atom stereocenters. The van der Waals surface area contributed by atoms with Gasteiger partial charge in [-0.05, 0) is 31.7 Å². The molecule has 2 rings (SSSR count). The maximum Gasteiger partial charge on any atom is 0.242 e. The zero-order valence-corrected chi connectivity index (χ0v) is 13.3. The minimum Gasteiger partial charge on any atom is -0.316 e. The van der Waals surface area contributed by atoms with Crippen LogP contribution in [0.5, 0.6) is 0 Å². The molecule has 0 saturated heterocycles. The topological polar surface area (TPSA) is 86.9 Å². The Kier molecular flexibility index (Phi) is 5.00. The minimum atomic E-state index is -3.68. The average molecular weight is 329 g/mol. The molecule has 1 aromatic heterocycles. The third kappa shape index (κ3) is 3.82. The van der Waals surface area contributed by atoms with E-state index in [1.54, 1.807) is 31.4 Å². The smallest absolute Gasteiger partial charge is 0.242 e. The number of aromatic amines is 1. The molecule has 2 aromatic rings. The van der Waals surface area contributed by atoms with Gasteiger partial charge >= 0.3 is 0 Å². The lowest BCUT2D eigenvalue weighted by molar-refractivity contribution is 0.581. The zero-order valence-electron chi connectivity index (χ0n) is 11.8. The molecule has 0 fully saturated rings. The number of aryl methyl sites for hydroxylation is 1. The van der Waals surface area contributed by atoms with Gasteiger partial charge in [0.25, 0.3) is 0 Å². The van der Waals surface area contributed by atoms with Crippen LogP contribution < -0.4 is 10.0 Å². The molecule has 3 N–H and O–H groups in total. The Morgan fingerprint density at radius 3 is 2.71 bits per heavy atom. The maximum atomic E-state index is 12.4. The molecule has 8 heteroatoms. The average Bonchev–Trinajstić information content (AvgIpc) is 2.84. The van der Waals surface area contributed by atoms with Crippen molar-refractivity contribution in [2.75, 3.05) is 7.05 Å². The fraction of sp³-hybridized carbons (Fsp3) is 0.308. The molecular formula is C13H17ClN4O2S. The molecule has 6 nitrogen and oxygen atoms in total. The van der Waals surface area contributed by atoms with E-state index in [4.69, 9.17) is 11.6 Å². The number of rotatable bonds is 6. The lowest BCUT2D eigenvalue weighted by atomic mass is 10.2. The number of aromatic nitrogens is 2. The van der Waals surface area contributed by atoms with Gasteiger partial charge in [0.2, 0.25) is 10.0 Å². The highest BCUT2D eigenvalue weighted by Gasteiger charge is 2.18. The first-order chi connectivity index (χ1) is 9.94. The second-order valence-electron chi connectivity index (χ2n) is 4.64. The van der Waals surface area contributed by atoms with Crippen molar-refractivity contribution in [3.05, 3.63) is 46.2 Å². The molecule has 21 heavy (non-hydrogen) atoms. The van der Waals surface area contributed by atoms with Crippen LogP contribution in [0.25, 0.3) is 0 Å². The van der Waals surface area contributed by atoms with Crippen molar-refractivity contribution in [1.29, 1.82) is 0 Å². The number of hydrogen-bond donors (Lipinski definition) is 3. The van der Waals surface area contributed by atoms with Gasteiger partial charge in [0.15, 0.2) is 0 Å². The predicted octanol–water partition coefficient (Wildman–Crippen LogP) is 1.57. The fourth-order valence-electron chi connectivity index (χ4n) is 1.87. The molecule has 114 valence electrons. The van der Waals surface area contributed by atoms with Crippen LogP contribution in [0.4, 0.5) is 0 Å². The molecule has 0 bridgehead atoms. The monoisotopic (exact) mass is 328 g/mol. The molecule has 0 spiro atoms. The molecule has 0 atom stereocenters. The summed E-state index contributed by atoms with van der Waals surface area (Å²) in [7, 11) is -1.88. The van der Waals surface area contributed by atoms with Crippen LogP contribution in [0.1, 0.15) is 16.8 Å².